The summed E-state index contributed by atoms with van der Waals surface area (Å²) in [5.74, 6) is -0.294. The standard InChI is InChI=1S/C13H12ClFN4O2S/c14-10-5-8(1-2-11(10)15)22(20,21)19-4-3-9-12(6-19)17-7-18-13(9)16/h1-2,5,7H,3-4,6H2,(H2,16,17,18). The average Bonchev–Trinajstić information content (AvgIpc) is 2.50. The molecule has 1 aliphatic rings. The number of nitrogens with zero attached hydrogens (tertiary/aromatic N) is 3. The number of hydrogen-bond acceptors (Lipinski definition) is 5. The van der Waals surface area contributed by atoms with E-state index in [2.05, 4.69) is 9.97 Å². The van der Waals surface area contributed by atoms with E-state index in [9.17, 15) is 12.8 Å². The van der Waals surface area contributed by atoms with Crippen LogP contribution in [0.1, 0.15) is 11.3 Å². The first-order valence-corrected chi connectivity index (χ1v) is 8.25. The van der Waals surface area contributed by atoms with Crippen molar-refractivity contribution in [3.63, 3.8) is 0 Å². The third-order valence-electron chi connectivity index (χ3n) is 3.53. The van der Waals surface area contributed by atoms with Crippen molar-refractivity contribution >= 4 is 27.4 Å². The molecule has 0 spiro atoms. The van der Waals surface area contributed by atoms with E-state index in [1.54, 1.807) is 0 Å². The van der Waals surface area contributed by atoms with Crippen LogP contribution < -0.4 is 5.73 Å². The molecule has 0 fully saturated rings. The van der Waals surface area contributed by atoms with Crippen molar-refractivity contribution in [2.24, 2.45) is 0 Å². The molecule has 0 saturated carbocycles. The highest BCUT2D eigenvalue weighted by atomic mass is 35.5. The number of benzene rings is 1. The van der Waals surface area contributed by atoms with Gasteiger partial charge in [0.25, 0.3) is 0 Å². The number of aromatic nitrogens is 2. The molecule has 3 rings (SSSR count). The molecule has 6 nitrogen and oxygen atoms in total. The highest BCUT2D eigenvalue weighted by molar-refractivity contribution is 7.89. The first-order valence-electron chi connectivity index (χ1n) is 6.43. The van der Waals surface area contributed by atoms with Gasteiger partial charge in [0.15, 0.2) is 0 Å². The highest BCUT2D eigenvalue weighted by Crippen LogP contribution is 2.27. The minimum atomic E-state index is -3.78. The van der Waals surface area contributed by atoms with E-state index in [1.165, 1.54) is 16.7 Å². The van der Waals surface area contributed by atoms with E-state index in [1.807, 2.05) is 0 Å². The van der Waals surface area contributed by atoms with Crippen molar-refractivity contribution in [2.75, 3.05) is 12.3 Å². The lowest BCUT2D eigenvalue weighted by molar-refractivity contribution is 0.385. The molecule has 2 N–H and O–H groups in total. The molecule has 1 aliphatic heterocycles. The fourth-order valence-electron chi connectivity index (χ4n) is 2.35. The smallest absolute Gasteiger partial charge is 0.243 e. The molecule has 1 aromatic heterocycles. The first kappa shape index (κ1) is 15.1. The van der Waals surface area contributed by atoms with Crippen LogP contribution in [-0.4, -0.2) is 29.2 Å². The molecule has 0 aliphatic carbocycles. The van der Waals surface area contributed by atoms with Gasteiger partial charge >= 0.3 is 0 Å². The molecule has 0 unspecified atom stereocenters. The van der Waals surface area contributed by atoms with Gasteiger partial charge in [0.2, 0.25) is 10.0 Å². The summed E-state index contributed by atoms with van der Waals surface area (Å²) in [4.78, 5) is 7.93. The molecular weight excluding hydrogens is 331 g/mol. The van der Waals surface area contributed by atoms with E-state index in [4.69, 9.17) is 17.3 Å². The third-order valence-corrected chi connectivity index (χ3v) is 5.66. The van der Waals surface area contributed by atoms with E-state index >= 15 is 0 Å². The maximum absolute atomic E-state index is 13.2. The largest absolute Gasteiger partial charge is 0.383 e. The van der Waals surface area contributed by atoms with Gasteiger partial charge < -0.3 is 5.73 Å². The van der Waals surface area contributed by atoms with Crippen LogP contribution in [0.4, 0.5) is 10.2 Å². The molecule has 0 saturated heterocycles. The number of anilines is 1. The van der Waals surface area contributed by atoms with Crippen LogP contribution in [0.3, 0.4) is 0 Å². The zero-order valence-corrected chi connectivity index (χ0v) is 12.9. The number of fused-ring (bicyclic) bond motifs is 1. The Kier molecular flexibility index (Phi) is 3.75. The highest BCUT2D eigenvalue weighted by Gasteiger charge is 2.30. The number of hydrogen-bond donors (Lipinski definition) is 1. The SMILES string of the molecule is Nc1ncnc2c1CCN(S(=O)(=O)c1ccc(F)c(Cl)c1)C2. The molecular formula is C13H12ClFN4O2S. The molecule has 0 bridgehead atoms. The molecule has 0 amide bonds. The van der Waals surface area contributed by atoms with Crippen LogP contribution in [0.5, 0.6) is 0 Å². The summed E-state index contributed by atoms with van der Waals surface area (Å²) in [5.41, 5.74) is 7.11. The number of sulfonamides is 1. The van der Waals surface area contributed by atoms with Gasteiger partial charge in [-0.25, -0.2) is 22.8 Å². The maximum Gasteiger partial charge on any atom is 0.243 e. The van der Waals surface area contributed by atoms with Crippen molar-refractivity contribution in [1.29, 1.82) is 0 Å². The molecule has 1 aromatic carbocycles. The Morgan fingerprint density at radius 2 is 2.09 bits per heavy atom. The molecule has 2 heterocycles. The summed E-state index contributed by atoms with van der Waals surface area (Å²) in [6.45, 7) is 0.348. The second-order valence-electron chi connectivity index (χ2n) is 4.85. The van der Waals surface area contributed by atoms with Crippen LogP contribution in [-0.2, 0) is 23.0 Å². The topological polar surface area (TPSA) is 89.2 Å². The molecule has 116 valence electrons. The Morgan fingerprint density at radius 1 is 1.32 bits per heavy atom. The van der Waals surface area contributed by atoms with Gasteiger partial charge in [-0.2, -0.15) is 4.31 Å². The lowest BCUT2D eigenvalue weighted by Crippen LogP contribution is -2.37. The predicted molar refractivity (Wildman–Crippen MR) is 79.2 cm³/mol. The Hall–Kier alpha value is -1.77. The van der Waals surface area contributed by atoms with Crippen molar-refractivity contribution in [2.45, 2.75) is 17.9 Å². The summed E-state index contributed by atoms with van der Waals surface area (Å²) >= 11 is 5.67. The van der Waals surface area contributed by atoms with Crippen LogP contribution in [0.2, 0.25) is 5.02 Å². The summed E-state index contributed by atoms with van der Waals surface area (Å²) in [6, 6.07) is 3.34. The Labute approximate surface area is 131 Å². The summed E-state index contributed by atoms with van der Waals surface area (Å²) in [6.07, 6.45) is 1.73. The van der Waals surface area contributed by atoms with Gasteiger partial charge in [0.1, 0.15) is 18.0 Å². The zero-order chi connectivity index (χ0) is 15.9. The normalized spacial score (nSPS) is 15.5. The monoisotopic (exact) mass is 342 g/mol. The van der Waals surface area contributed by atoms with E-state index in [-0.39, 0.29) is 23.0 Å². The Bertz CT molecular complexity index is 844. The van der Waals surface area contributed by atoms with E-state index in [0.29, 0.717) is 17.9 Å². The van der Waals surface area contributed by atoms with Crippen LogP contribution in [0.25, 0.3) is 0 Å². The maximum atomic E-state index is 13.2. The molecule has 2 aromatic rings. The minimum absolute atomic E-state index is 0.0515. The number of halogens is 2. The van der Waals surface area contributed by atoms with E-state index in [0.717, 1.165) is 17.7 Å². The van der Waals surface area contributed by atoms with Gasteiger partial charge in [-0.05, 0) is 24.6 Å². The van der Waals surface area contributed by atoms with Gasteiger partial charge in [-0.15, -0.1) is 0 Å². The van der Waals surface area contributed by atoms with Crippen molar-refractivity contribution < 1.29 is 12.8 Å². The predicted octanol–water partition coefficient (Wildman–Crippen LogP) is 1.60. The fourth-order valence-corrected chi connectivity index (χ4v) is 4.02. The lowest BCUT2D eigenvalue weighted by atomic mass is 10.1. The Balaban J connectivity index is 1.96. The lowest BCUT2D eigenvalue weighted by Gasteiger charge is -2.27. The van der Waals surface area contributed by atoms with Gasteiger partial charge in [-0.3, -0.25) is 0 Å². The second-order valence-corrected chi connectivity index (χ2v) is 7.19. The van der Waals surface area contributed by atoms with Crippen molar-refractivity contribution in [1.82, 2.24) is 14.3 Å². The second kappa shape index (κ2) is 5.45. The molecule has 22 heavy (non-hydrogen) atoms. The summed E-state index contributed by atoms with van der Waals surface area (Å²) in [5, 5.41) is -0.231. The molecule has 9 heteroatoms. The number of nitrogens with two attached hydrogens (primary N) is 1. The Morgan fingerprint density at radius 3 is 2.82 bits per heavy atom. The number of rotatable bonds is 2. The van der Waals surface area contributed by atoms with Crippen molar-refractivity contribution in [3.8, 4) is 0 Å². The van der Waals surface area contributed by atoms with Crippen LogP contribution in [0, 0.1) is 5.82 Å². The average molecular weight is 343 g/mol. The van der Waals surface area contributed by atoms with Crippen LogP contribution in [0.15, 0.2) is 29.4 Å². The van der Waals surface area contributed by atoms with Gasteiger partial charge in [-0.1, -0.05) is 11.6 Å². The van der Waals surface area contributed by atoms with Gasteiger partial charge in [0, 0.05) is 12.1 Å². The molecule has 0 atom stereocenters. The fraction of sp³-hybridized carbons (Fsp3) is 0.231. The minimum Gasteiger partial charge on any atom is -0.383 e. The van der Waals surface area contributed by atoms with E-state index < -0.39 is 15.8 Å². The zero-order valence-electron chi connectivity index (χ0n) is 11.3. The summed E-state index contributed by atoms with van der Waals surface area (Å²) in [7, 11) is -3.78. The third kappa shape index (κ3) is 2.53. The summed E-state index contributed by atoms with van der Waals surface area (Å²) < 4.78 is 39.7. The first-order chi connectivity index (χ1) is 10.4. The quantitative estimate of drug-likeness (QED) is 0.895. The number of nitrogen functional groups attached to an aromatic ring is 1. The van der Waals surface area contributed by atoms with Crippen molar-refractivity contribution in [3.05, 3.63) is 46.6 Å². The molecule has 0 radical (unpaired) electrons. The van der Waals surface area contributed by atoms with Gasteiger partial charge in [0.05, 0.1) is 22.2 Å². The van der Waals surface area contributed by atoms with Crippen LogP contribution >= 0.6 is 11.6 Å².